The van der Waals surface area contributed by atoms with Crippen LogP contribution in [0.1, 0.15) is 26.3 Å². The number of rotatable bonds is 6. The second-order valence-electron chi connectivity index (χ2n) is 6.00. The fourth-order valence-corrected chi connectivity index (χ4v) is 2.25. The maximum Gasteiger partial charge on any atom is 0.319 e. The molecule has 0 aliphatic carbocycles. The molecule has 0 aliphatic heterocycles. The molecule has 0 saturated heterocycles. The predicted molar refractivity (Wildman–Crippen MR) is 98.8 cm³/mol. The van der Waals surface area contributed by atoms with Gasteiger partial charge in [-0.25, -0.2) is 9.18 Å². The van der Waals surface area contributed by atoms with E-state index in [4.69, 9.17) is 4.74 Å². The third kappa shape index (κ3) is 6.08. The van der Waals surface area contributed by atoms with Gasteiger partial charge in [-0.05, 0) is 49.7 Å². The van der Waals surface area contributed by atoms with Crippen LogP contribution in [0.25, 0.3) is 0 Å². The van der Waals surface area contributed by atoms with E-state index in [9.17, 15) is 14.0 Å². The van der Waals surface area contributed by atoms with Crippen LogP contribution in [0.2, 0.25) is 0 Å². The monoisotopic (exact) mass is 359 g/mol. The minimum atomic E-state index is -0.576. The Kier molecular flexibility index (Phi) is 6.54. The first-order chi connectivity index (χ1) is 12.3. The molecule has 0 atom stereocenters. The lowest BCUT2D eigenvalue weighted by Crippen LogP contribution is -2.28. The molecule has 0 spiro atoms. The van der Waals surface area contributed by atoms with Gasteiger partial charge in [0.1, 0.15) is 11.6 Å². The summed E-state index contributed by atoms with van der Waals surface area (Å²) >= 11 is 0. The lowest BCUT2D eigenvalue weighted by molar-refractivity contribution is -0.114. The molecule has 0 bridgehead atoms. The summed E-state index contributed by atoms with van der Waals surface area (Å²) in [5, 5.41) is 7.68. The van der Waals surface area contributed by atoms with Crippen molar-refractivity contribution in [2.24, 2.45) is 0 Å². The predicted octanol–water partition coefficient (Wildman–Crippen LogP) is 3.89. The Bertz CT molecular complexity index is 793. The van der Waals surface area contributed by atoms with Crippen molar-refractivity contribution in [1.82, 2.24) is 5.32 Å². The fraction of sp³-hybridized carbons (Fsp3) is 0.263. The Labute approximate surface area is 151 Å². The number of hydrogen-bond acceptors (Lipinski definition) is 3. The Morgan fingerprint density at radius 1 is 1.12 bits per heavy atom. The summed E-state index contributed by atoms with van der Waals surface area (Å²) in [6.07, 6.45) is 0.0674. The van der Waals surface area contributed by atoms with E-state index in [-0.39, 0.29) is 11.8 Å². The first-order valence-corrected chi connectivity index (χ1v) is 8.21. The van der Waals surface area contributed by atoms with E-state index in [0.29, 0.717) is 12.2 Å². The molecule has 2 aromatic rings. The topological polar surface area (TPSA) is 79.5 Å². The van der Waals surface area contributed by atoms with Gasteiger partial charge < -0.3 is 20.7 Å². The first kappa shape index (κ1) is 19.2. The van der Waals surface area contributed by atoms with Gasteiger partial charge in [0.15, 0.2) is 0 Å². The second kappa shape index (κ2) is 8.84. The average Bonchev–Trinajstić information content (AvgIpc) is 2.55. The molecule has 2 aromatic carbocycles. The molecule has 3 amide bonds. The van der Waals surface area contributed by atoms with E-state index in [0.717, 1.165) is 11.3 Å². The van der Waals surface area contributed by atoms with Gasteiger partial charge in [-0.2, -0.15) is 0 Å². The molecule has 0 aliphatic rings. The van der Waals surface area contributed by atoms with Crippen LogP contribution in [0.15, 0.2) is 42.5 Å². The highest BCUT2D eigenvalue weighted by Gasteiger charge is 2.08. The number of anilines is 2. The lowest BCUT2D eigenvalue weighted by Gasteiger charge is -2.12. The largest absolute Gasteiger partial charge is 0.491 e. The van der Waals surface area contributed by atoms with Crippen molar-refractivity contribution in [3.8, 4) is 5.75 Å². The third-order valence-corrected chi connectivity index (χ3v) is 3.26. The van der Waals surface area contributed by atoms with Crippen LogP contribution in [0.3, 0.4) is 0 Å². The van der Waals surface area contributed by atoms with Gasteiger partial charge in [-0.15, -0.1) is 0 Å². The number of hydrogen-bond donors (Lipinski definition) is 3. The van der Waals surface area contributed by atoms with E-state index in [1.165, 1.54) is 25.1 Å². The number of carbonyl (C=O) groups is 2. The minimum Gasteiger partial charge on any atom is -0.491 e. The summed E-state index contributed by atoms with van der Waals surface area (Å²) in [4.78, 5) is 23.1. The quantitative estimate of drug-likeness (QED) is 0.732. The summed E-state index contributed by atoms with van der Waals surface area (Å²) in [5.41, 5.74) is 1.26. The van der Waals surface area contributed by atoms with Gasteiger partial charge in [0.2, 0.25) is 5.91 Å². The maximum atomic E-state index is 13.6. The molecule has 2 rings (SSSR count). The van der Waals surface area contributed by atoms with Crippen molar-refractivity contribution in [1.29, 1.82) is 0 Å². The summed E-state index contributed by atoms with van der Waals surface area (Å²) in [6.45, 7) is 5.47. The van der Waals surface area contributed by atoms with E-state index < -0.39 is 17.8 Å². The SMILES string of the molecule is CC(=O)Nc1cc(NC(=O)NCc2cccc(OC(C)C)c2)ccc1F. The maximum absolute atomic E-state index is 13.6. The summed E-state index contributed by atoms with van der Waals surface area (Å²) < 4.78 is 19.2. The Morgan fingerprint density at radius 2 is 1.88 bits per heavy atom. The number of carbonyl (C=O) groups excluding carboxylic acids is 2. The molecule has 0 saturated carbocycles. The summed E-state index contributed by atoms with van der Waals surface area (Å²) in [5.74, 6) is -0.236. The molecule has 0 radical (unpaired) electrons. The second-order valence-corrected chi connectivity index (χ2v) is 6.00. The third-order valence-electron chi connectivity index (χ3n) is 3.26. The smallest absolute Gasteiger partial charge is 0.319 e. The zero-order valence-electron chi connectivity index (χ0n) is 14.9. The van der Waals surface area contributed by atoms with Crippen molar-refractivity contribution >= 4 is 23.3 Å². The Hall–Kier alpha value is -3.09. The van der Waals surface area contributed by atoms with E-state index in [1.54, 1.807) is 0 Å². The zero-order valence-corrected chi connectivity index (χ0v) is 14.9. The molecule has 3 N–H and O–H groups in total. The van der Waals surface area contributed by atoms with Gasteiger partial charge in [0.25, 0.3) is 0 Å². The Morgan fingerprint density at radius 3 is 2.58 bits per heavy atom. The van der Waals surface area contributed by atoms with Crippen molar-refractivity contribution < 1.29 is 18.7 Å². The molecular formula is C19H22FN3O3. The van der Waals surface area contributed by atoms with Crippen LogP contribution >= 0.6 is 0 Å². The molecule has 0 fully saturated rings. The highest BCUT2D eigenvalue weighted by Crippen LogP contribution is 2.19. The van der Waals surface area contributed by atoms with Gasteiger partial charge >= 0.3 is 6.03 Å². The summed E-state index contributed by atoms with van der Waals surface area (Å²) in [7, 11) is 0. The van der Waals surface area contributed by atoms with Crippen molar-refractivity contribution in [2.45, 2.75) is 33.4 Å². The van der Waals surface area contributed by atoms with Crippen LogP contribution in [-0.2, 0) is 11.3 Å². The molecule has 6 nitrogen and oxygen atoms in total. The van der Waals surface area contributed by atoms with Gasteiger partial charge in [0, 0.05) is 19.2 Å². The van der Waals surface area contributed by atoms with Crippen molar-refractivity contribution in [3.05, 3.63) is 53.8 Å². The minimum absolute atomic E-state index is 0.00818. The fourth-order valence-electron chi connectivity index (χ4n) is 2.25. The average molecular weight is 359 g/mol. The van der Waals surface area contributed by atoms with Crippen LogP contribution < -0.4 is 20.7 Å². The summed E-state index contributed by atoms with van der Waals surface area (Å²) in [6, 6.07) is 10.9. The highest BCUT2D eigenvalue weighted by molar-refractivity contribution is 5.92. The zero-order chi connectivity index (χ0) is 19.1. The molecule has 26 heavy (non-hydrogen) atoms. The lowest BCUT2D eigenvalue weighted by atomic mass is 10.2. The normalized spacial score (nSPS) is 10.3. The van der Waals surface area contributed by atoms with Crippen LogP contribution in [0, 0.1) is 5.82 Å². The standard InChI is InChI=1S/C19H22FN3O3/c1-12(2)26-16-6-4-5-14(9-16)11-21-19(25)23-15-7-8-17(20)18(10-15)22-13(3)24/h4-10,12H,11H2,1-3H3,(H,22,24)(H2,21,23,25). The Balaban J connectivity index is 1.94. The number of nitrogens with one attached hydrogen (secondary N) is 3. The molecule has 7 heteroatoms. The van der Waals surface area contributed by atoms with Crippen LogP contribution in [0.4, 0.5) is 20.6 Å². The number of benzene rings is 2. The van der Waals surface area contributed by atoms with E-state index in [2.05, 4.69) is 16.0 Å². The number of urea groups is 1. The number of amides is 3. The van der Waals surface area contributed by atoms with E-state index in [1.807, 2.05) is 38.1 Å². The molecule has 0 heterocycles. The molecule has 0 aromatic heterocycles. The van der Waals surface area contributed by atoms with Crippen LogP contribution in [-0.4, -0.2) is 18.0 Å². The van der Waals surface area contributed by atoms with Gasteiger partial charge in [-0.1, -0.05) is 12.1 Å². The molecule has 0 unspecified atom stereocenters. The molecule has 138 valence electrons. The van der Waals surface area contributed by atoms with Gasteiger partial charge in [-0.3, -0.25) is 4.79 Å². The van der Waals surface area contributed by atoms with Crippen molar-refractivity contribution in [3.63, 3.8) is 0 Å². The number of halogens is 1. The number of ether oxygens (including phenoxy) is 1. The van der Waals surface area contributed by atoms with Crippen molar-refractivity contribution in [2.75, 3.05) is 10.6 Å². The van der Waals surface area contributed by atoms with Gasteiger partial charge in [0.05, 0.1) is 11.8 Å². The first-order valence-electron chi connectivity index (χ1n) is 8.21. The van der Waals surface area contributed by atoms with Crippen LogP contribution in [0.5, 0.6) is 5.75 Å². The molecular weight excluding hydrogens is 337 g/mol. The van der Waals surface area contributed by atoms with E-state index >= 15 is 0 Å². The highest BCUT2D eigenvalue weighted by atomic mass is 19.1.